The molecule has 1 aromatic carbocycles. The van der Waals surface area contributed by atoms with Gasteiger partial charge in [-0.1, -0.05) is 18.2 Å². The molecule has 2 rings (SSSR count). The van der Waals surface area contributed by atoms with E-state index in [1.54, 1.807) is 30.3 Å². The van der Waals surface area contributed by atoms with E-state index in [1.807, 2.05) is 0 Å². The average Bonchev–Trinajstić information content (AvgIpc) is 2.56. The molecule has 1 fully saturated rings. The molecule has 10 nitrogen and oxygen atoms in total. The van der Waals surface area contributed by atoms with Gasteiger partial charge < -0.3 is 14.8 Å². The number of hydrogen-bond donors (Lipinski definition) is 1. The van der Waals surface area contributed by atoms with Crippen LogP contribution in [0.4, 0.5) is 0 Å². The highest BCUT2D eigenvalue weighted by Gasteiger charge is 2.46. The van der Waals surface area contributed by atoms with Gasteiger partial charge in [0.1, 0.15) is 6.10 Å². The van der Waals surface area contributed by atoms with Crippen molar-refractivity contribution in [2.75, 3.05) is 26.2 Å². The lowest BCUT2D eigenvalue weighted by atomic mass is 10.0. The average molecular weight is 423 g/mol. The molecule has 152 valence electrons. The normalized spacial score (nSPS) is 26.5. The Morgan fingerprint density at radius 3 is 2.11 bits per heavy atom. The number of carbonyl (C=O) groups is 1. The van der Waals surface area contributed by atoms with Crippen molar-refractivity contribution in [3.8, 4) is 0 Å². The highest BCUT2D eigenvalue weighted by Crippen LogP contribution is 2.25. The first-order valence-electron chi connectivity index (χ1n) is 7.77. The molecule has 1 saturated heterocycles. The first-order valence-corrected chi connectivity index (χ1v) is 11.4. The monoisotopic (exact) mass is 423 g/mol. The molecular formula is C15H21NO9S2. The number of benzene rings is 1. The summed E-state index contributed by atoms with van der Waals surface area (Å²) in [6, 6.07) is 7.17. The quantitative estimate of drug-likeness (QED) is 0.575. The fraction of sp³-hybridized carbons (Fsp3) is 0.533. The lowest BCUT2D eigenvalue weighted by Crippen LogP contribution is -2.62. The summed E-state index contributed by atoms with van der Waals surface area (Å²) in [5.41, 5.74) is 0.324. The number of hydrogen-bond acceptors (Lipinski definition) is 9. The van der Waals surface area contributed by atoms with E-state index < -0.39 is 50.7 Å². The molecule has 12 heteroatoms. The Bertz CT molecular complexity index is 855. The minimum Gasteiger partial charge on any atom is -0.353 e. The molecule has 1 aromatic rings. The van der Waals surface area contributed by atoms with Gasteiger partial charge in [0.15, 0.2) is 12.4 Å². The van der Waals surface area contributed by atoms with Crippen molar-refractivity contribution < 1.29 is 39.5 Å². The molecular weight excluding hydrogens is 402 g/mol. The number of methoxy groups -OCH3 is 1. The molecule has 1 aliphatic heterocycles. The molecule has 1 heterocycles. The van der Waals surface area contributed by atoms with Crippen LogP contribution in [0, 0.1) is 0 Å². The zero-order valence-electron chi connectivity index (χ0n) is 14.9. The summed E-state index contributed by atoms with van der Waals surface area (Å²) in [5.74, 6) is -0.514. The molecule has 1 aliphatic rings. The summed E-state index contributed by atoms with van der Waals surface area (Å²) in [7, 11) is -6.78. The number of nitrogens with one attached hydrogen (secondary N) is 1. The second-order valence-electron chi connectivity index (χ2n) is 5.91. The Labute approximate surface area is 158 Å². The van der Waals surface area contributed by atoms with Gasteiger partial charge in [-0.3, -0.25) is 13.2 Å². The molecule has 0 aliphatic carbocycles. The van der Waals surface area contributed by atoms with E-state index in [-0.39, 0.29) is 6.61 Å². The Balaban J connectivity index is 2.32. The van der Waals surface area contributed by atoms with Crippen molar-refractivity contribution in [3.05, 3.63) is 35.9 Å². The molecule has 27 heavy (non-hydrogen) atoms. The second-order valence-corrected chi connectivity index (χ2v) is 9.11. The minimum atomic E-state index is -4.01. The highest BCUT2D eigenvalue weighted by atomic mass is 32.2. The molecule has 4 atom stereocenters. The molecule has 0 spiro atoms. The maximum Gasteiger partial charge on any atom is 0.264 e. The van der Waals surface area contributed by atoms with Gasteiger partial charge in [0.05, 0.1) is 25.2 Å². The van der Waals surface area contributed by atoms with Crippen LogP contribution in [0.25, 0.3) is 0 Å². The predicted molar refractivity (Wildman–Crippen MR) is 93.9 cm³/mol. The molecule has 0 saturated carbocycles. The summed E-state index contributed by atoms with van der Waals surface area (Å²) >= 11 is 0. The summed E-state index contributed by atoms with van der Waals surface area (Å²) < 4.78 is 66.9. The van der Waals surface area contributed by atoms with E-state index in [2.05, 4.69) is 5.32 Å². The fourth-order valence-corrected chi connectivity index (χ4v) is 3.82. The van der Waals surface area contributed by atoms with Gasteiger partial charge in [0.25, 0.3) is 26.1 Å². The van der Waals surface area contributed by atoms with Crippen LogP contribution in [-0.4, -0.2) is 73.5 Å². The third-order valence-electron chi connectivity index (χ3n) is 3.59. The molecule has 0 radical (unpaired) electrons. The van der Waals surface area contributed by atoms with Crippen LogP contribution in [0.1, 0.15) is 10.4 Å². The molecule has 1 amide bonds. The van der Waals surface area contributed by atoms with Gasteiger partial charge >= 0.3 is 0 Å². The van der Waals surface area contributed by atoms with Gasteiger partial charge in [-0.25, -0.2) is 0 Å². The van der Waals surface area contributed by atoms with Crippen LogP contribution in [0.5, 0.6) is 0 Å². The zero-order chi connectivity index (χ0) is 20.2. The molecule has 0 bridgehead atoms. The topological polar surface area (TPSA) is 134 Å². The smallest absolute Gasteiger partial charge is 0.264 e. The van der Waals surface area contributed by atoms with Crippen molar-refractivity contribution in [1.29, 1.82) is 0 Å². The van der Waals surface area contributed by atoms with Crippen molar-refractivity contribution >= 4 is 26.1 Å². The number of amides is 1. The van der Waals surface area contributed by atoms with Crippen LogP contribution in [-0.2, 0) is 38.1 Å². The summed E-state index contributed by atoms with van der Waals surface area (Å²) in [4.78, 5) is 12.4. The largest absolute Gasteiger partial charge is 0.353 e. The third kappa shape index (κ3) is 6.52. The Morgan fingerprint density at radius 2 is 1.59 bits per heavy atom. The molecule has 0 unspecified atom stereocenters. The van der Waals surface area contributed by atoms with Gasteiger partial charge in [-0.15, -0.1) is 0 Å². The van der Waals surface area contributed by atoms with Gasteiger partial charge in [0.2, 0.25) is 0 Å². The first kappa shape index (κ1) is 21.7. The van der Waals surface area contributed by atoms with Gasteiger partial charge in [0, 0.05) is 12.7 Å². The summed E-state index contributed by atoms with van der Waals surface area (Å²) in [5, 5.41) is 2.58. The van der Waals surface area contributed by atoms with E-state index in [0.717, 1.165) is 12.5 Å². The molecule has 0 aromatic heterocycles. The van der Waals surface area contributed by atoms with Crippen molar-refractivity contribution in [2.45, 2.75) is 24.5 Å². The number of rotatable bonds is 7. The Kier molecular flexibility index (Phi) is 6.94. The van der Waals surface area contributed by atoms with E-state index >= 15 is 0 Å². The zero-order valence-corrected chi connectivity index (χ0v) is 16.5. The highest BCUT2D eigenvalue weighted by molar-refractivity contribution is 7.86. The number of carbonyl (C=O) groups excluding carboxylic acids is 1. The van der Waals surface area contributed by atoms with Crippen LogP contribution in [0.3, 0.4) is 0 Å². The standard InChI is InChI=1S/C15H21NO9S2/c1-22-15-13(25-27(3,20)21)12(24-26(2,18)19)11(9-23-15)16-14(17)10-7-5-4-6-8-10/h4-8,11-13,15H,9H2,1-3H3,(H,16,17)/t11-,12-,13-,15-/m1/s1. The van der Waals surface area contributed by atoms with E-state index in [9.17, 15) is 21.6 Å². The van der Waals surface area contributed by atoms with E-state index in [1.165, 1.54) is 7.11 Å². The van der Waals surface area contributed by atoms with Crippen molar-refractivity contribution in [1.82, 2.24) is 5.32 Å². The van der Waals surface area contributed by atoms with Crippen LogP contribution in [0.15, 0.2) is 30.3 Å². The van der Waals surface area contributed by atoms with Gasteiger partial charge in [-0.2, -0.15) is 16.8 Å². The Hall–Kier alpha value is -1.57. The SMILES string of the molecule is CO[C@@H]1OC[C@@H](NC(=O)c2ccccc2)[C@@H](OS(C)(=O)=O)[C@H]1OS(C)(=O)=O. The molecule has 1 N–H and O–H groups in total. The number of ether oxygens (including phenoxy) is 2. The van der Waals surface area contributed by atoms with Crippen LogP contribution < -0.4 is 5.32 Å². The van der Waals surface area contributed by atoms with E-state index in [4.69, 9.17) is 17.8 Å². The predicted octanol–water partition coefficient (Wildman–Crippen LogP) is -0.523. The maximum absolute atomic E-state index is 12.4. The van der Waals surface area contributed by atoms with Crippen molar-refractivity contribution in [2.24, 2.45) is 0 Å². The van der Waals surface area contributed by atoms with Crippen LogP contribution in [0.2, 0.25) is 0 Å². The fourth-order valence-electron chi connectivity index (χ4n) is 2.56. The lowest BCUT2D eigenvalue weighted by molar-refractivity contribution is -0.226. The lowest BCUT2D eigenvalue weighted by Gasteiger charge is -2.40. The summed E-state index contributed by atoms with van der Waals surface area (Å²) in [6.07, 6.45) is -2.45. The minimum absolute atomic E-state index is 0.180. The third-order valence-corrected chi connectivity index (χ3v) is 4.73. The van der Waals surface area contributed by atoms with Crippen molar-refractivity contribution in [3.63, 3.8) is 0 Å². The summed E-state index contributed by atoms with van der Waals surface area (Å²) in [6.45, 7) is -0.180. The maximum atomic E-state index is 12.4. The Morgan fingerprint density at radius 1 is 1.04 bits per heavy atom. The van der Waals surface area contributed by atoms with Crippen LogP contribution >= 0.6 is 0 Å². The van der Waals surface area contributed by atoms with Gasteiger partial charge in [-0.05, 0) is 12.1 Å². The first-order chi connectivity index (χ1) is 12.5. The second kappa shape index (κ2) is 8.63. The van der Waals surface area contributed by atoms with E-state index in [0.29, 0.717) is 5.56 Å².